The number of carbonyl (C=O) groups excluding carboxylic acids is 2. The van der Waals surface area contributed by atoms with Gasteiger partial charge in [0.15, 0.2) is 11.6 Å². The van der Waals surface area contributed by atoms with Crippen LogP contribution in [0.5, 0.6) is 0 Å². The van der Waals surface area contributed by atoms with Crippen molar-refractivity contribution in [3.8, 4) is 0 Å². The SMILES string of the molecule is O=C1c2ccc(S(=O)(=O)[O-])cc2C(=O)c2c1cccc2S(=O)(=O)[O-].[Na+].[Na+]. The van der Waals surface area contributed by atoms with Crippen molar-refractivity contribution in [2.24, 2.45) is 0 Å². The quantitative estimate of drug-likeness (QED) is 0.299. The second-order valence-corrected chi connectivity index (χ2v) is 7.68. The average Bonchev–Trinajstić information content (AvgIpc) is 2.49. The molecule has 26 heavy (non-hydrogen) atoms. The molecule has 0 heterocycles. The van der Waals surface area contributed by atoms with E-state index in [9.17, 15) is 35.5 Å². The Morgan fingerprint density at radius 3 is 1.85 bits per heavy atom. The minimum absolute atomic E-state index is 0. The number of ketones is 2. The minimum atomic E-state index is -5.04. The molecule has 0 bridgehead atoms. The van der Waals surface area contributed by atoms with Crippen LogP contribution in [0.1, 0.15) is 31.8 Å². The van der Waals surface area contributed by atoms with Gasteiger partial charge in [-0.1, -0.05) is 12.1 Å². The molecule has 0 N–H and O–H groups in total. The summed E-state index contributed by atoms with van der Waals surface area (Å²) in [4.78, 5) is 23.3. The Labute approximate surface area is 193 Å². The fraction of sp³-hybridized carbons (Fsp3) is 0. The van der Waals surface area contributed by atoms with Gasteiger partial charge < -0.3 is 9.11 Å². The molecule has 0 unspecified atom stereocenters. The Kier molecular flexibility index (Phi) is 7.20. The van der Waals surface area contributed by atoms with Gasteiger partial charge in [-0.2, -0.15) is 0 Å². The van der Waals surface area contributed by atoms with Crippen LogP contribution in [-0.4, -0.2) is 37.5 Å². The van der Waals surface area contributed by atoms with Gasteiger partial charge >= 0.3 is 59.1 Å². The summed E-state index contributed by atoms with van der Waals surface area (Å²) >= 11 is 0. The van der Waals surface area contributed by atoms with Crippen molar-refractivity contribution in [1.29, 1.82) is 0 Å². The summed E-state index contributed by atoms with van der Waals surface area (Å²) in [5.41, 5.74) is -1.52. The topological polar surface area (TPSA) is 149 Å². The average molecular weight is 412 g/mol. The zero-order valence-electron chi connectivity index (χ0n) is 13.5. The van der Waals surface area contributed by atoms with E-state index in [-0.39, 0.29) is 70.2 Å². The standard InChI is InChI=1S/C14H8O8S2.2Na/c15-13-8-5-4-7(23(17,18)19)6-10(8)14(16)12-9(13)2-1-3-11(12)24(20,21)22;;/h1-6H,(H,17,18,19)(H,20,21,22);;/q;2*+1/p-2. The first-order valence-corrected chi connectivity index (χ1v) is 9.12. The third-order valence-electron chi connectivity index (χ3n) is 3.54. The summed E-state index contributed by atoms with van der Waals surface area (Å²) in [5, 5.41) is 0. The Balaban J connectivity index is 0.00000169. The molecule has 0 atom stereocenters. The molecule has 0 spiro atoms. The predicted octanol–water partition coefficient (Wildman–Crippen LogP) is -5.72. The molecule has 0 amide bonds. The number of fused-ring (bicyclic) bond motifs is 2. The van der Waals surface area contributed by atoms with E-state index in [0.717, 1.165) is 24.3 Å². The van der Waals surface area contributed by atoms with Gasteiger partial charge in [0.05, 0.1) is 15.4 Å². The van der Waals surface area contributed by atoms with Crippen molar-refractivity contribution in [2.45, 2.75) is 9.79 Å². The number of benzene rings is 2. The fourth-order valence-electron chi connectivity index (χ4n) is 2.51. The minimum Gasteiger partial charge on any atom is -0.744 e. The molecule has 0 saturated heterocycles. The van der Waals surface area contributed by atoms with Gasteiger partial charge in [0, 0.05) is 16.7 Å². The van der Waals surface area contributed by atoms with E-state index in [2.05, 4.69) is 0 Å². The fourth-order valence-corrected chi connectivity index (χ4v) is 3.70. The number of hydrogen-bond acceptors (Lipinski definition) is 8. The summed E-state index contributed by atoms with van der Waals surface area (Å²) in [6.45, 7) is 0. The smallest absolute Gasteiger partial charge is 0.744 e. The van der Waals surface area contributed by atoms with Gasteiger partial charge in [0.25, 0.3) is 0 Å². The third kappa shape index (κ3) is 4.04. The van der Waals surface area contributed by atoms with Crippen molar-refractivity contribution in [3.63, 3.8) is 0 Å². The maximum Gasteiger partial charge on any atom is 1.00 e. The van der Waals surface area contributed by atoms with Gasteiger partial charge in [-0.15, -0.1) is 0 Å². The molecular weight excluding hydrogens is 406 g/mol. The molecule has 3 rings (SSSR count). The summed E-state index contributed by atoms with van der Waals surface area (Å²) in [5.74, 6) is -1.76. The first kappa shape index (κ1) is 23.6. The van der Waals surface area contributed by atoms with Crippen LogP contribution < -0.4 is 59.1 Å². The van der Waals surface area contributed by atoms with Crippen LogP contribution in [0.25, 0.3) is 0 Å². The van der Waals surface area contributed by atoms with E-state index in [1.54, 1.807) is 0 Å². The first-order chi connectivity index (χ1) is 11.0. The number of rotatable bonds is 2. The van der Waals surface area contributed by atoms with Crippen molar-refractivity contribution in [1.82, 2.24) is 0 Å². The number of carbonyl (C=O) groups is 2. The monoisotopic (exact) mass is 412 g/mol. The van der Waals surface area contributed by atoms with Crippen LogP contribution >= 0.6 is 0 Å². The van der Waals surface area contributed by atoms with Crippen LogP contribution in [0, 0.1) is 0 Å². The molecule has 1 aliphatic rings. The molecule has 124 valence electrons. The normalized spacial score (nSPS) is 13.2. The van der Waals surface area contributed by atoms with Crippen LogP contribution in [0.15, 0.2) is 46.2 Å². The maximum absolute atomic E-state index is 12.5. The van der Waals surface area contributed by atoms with E-state index < -0.39 is 52.7 Å². The Morgan fingerprint density at radius 1 is 0.692 bits per heavy atom. The molecule has 1 aliphatic carbocycles. The van der Waals surface area contributed by atoms with Crippen molar-refractivity contribution >= 4 is 31.8 Å². The zero-order valence-corrected chi connectivity index (χ0v) is 19.2. The van der Waals surface area contributed by atoms with Crippen molar-refractivity contribution in [2.75, 3.05) is 0 Å². The van der Waals surface area contributed by atoms with Gasteiger partial charge in [-0.3, -0.25) is 9.59 Å². The molecule has 0 aromatic heterocycles. The summed E-state index contributed by atoms with van der Waals surface area (Å²) < 4.78 is 67.2. The first-order valence-electron chi connectivity index (χ1n) is 6.30. The van der Waals surface area contributed by atoms with E-state index in [4.69, 9.17) is 0 Å². The molecule has 0 aliphatic heterocycles. The molecule has 12 heteroatoms. The zero-order chi connectivity index (χ0) is 17.9. The van der Waals surface area contributed by atoms with Gasteiger partial charge in [0.2, 0.25) is 0 Å². The van der Waals surface area contributed by atoms with E-state index in [1.807, 2.05) is 0 Å². The molecule has 0 fully saturated rings. The molecule has 2 aromatic carbocycles. The Morgan fingerprint density at radius 2 is 1.31 bits per heavy atom. The molecule has 2 aromatic rings. The van der Waals surface area contributed by atoms with Gasteiger partial charge in [0.1, 0.15) is 20.2 Å². The van der Waals surface area contributed by atoms with Crippen LogP contribution in [0.2, 0.25) is 0 Å². The molecule has 8 nitrogen and oxygen atoms in total. The second-order valence-electron chi connectivity index (χ2n) is 4.95. The predicted molar refractivity (Wildman–Crippen MR) is 75.7 cm³/mol. The summed E-state index contributed by atoms with van der Waals surface area (Å²) in [6.07, 6.45) is 0. The largest absolute Gasteiger partial charge is 1.00 e. The maximum atomic E-state index is 12.5. The van der Waals surface area contributed by atoms with E-state index in [1.165, 1.54) is 6.07 Å². The Bertz CT molecular complexity index is 1140. The number of hydrogen-bond donors (Lipinski definition) is 0. The van der Waals surface area contributed by atoms with Crippen LogP contribution in [0.4, 0.5) is 0 Å². The molecule has 0 saturated carbocycles. The molecule has 0 radical (unpaired) electrons. The van der Waals surface area contributed by atoms with Gasteiger partial charge in [-0.25, -0.2) is 16.8 Å². The second kappa shape index (κ2) is 7.92. The van der Waals surface area contributed by atoms with Crippen LogP contribution in [0.3, 0.4) is 0 Å². The molecular formula is C14H6Na2O8S2. The van der Waals surface area contributed by atoms with E-state index >= 15 is 0 Å². The summed E-state index contributed by atoms with van der Waals surface area (Å²) in [7, 11) is -9.93. The Hall–Kier alpha value is -0.400. The summed E-state index contributed by atoms with van der Waals surface area (Å²) in [6, 6.07) is 5.80. The van der Waals surface area contributed by atoms with Crippen LogP contribution in [-0.2, 0) is 20.2 Å². The van der Waals surface area contributed by atoms with Crippen molar-refractivity contribution < 1.29 is 94.6 Å². The van der Waals surface area contributed by atoms with Crippen molar-refractivity contribution in [3.05, 3.63) is 58.7 Å². The van der Waals surface area contributed by atoms with Gasteiger partial charge in [-0.05, 0) is 24.3 Å². The van der Waals surface area contributed by atoms with E-state index in [0.29, 0.717) is 6.07 Å². The third-order valence-corrected chi connectivity index (χ3v) is 5.25.